The number of esters is 3. The summed E-state index contributed by atoms with van der Waals surface area (Å²) in [7, 11) is 0. The highest BCUT2D eigenvalue weighted by molar-refractivity contribution is 5.71. The van der Waals surface area contributed by atoms with Gasteiger partial charge in [-0.3, -0.25) is 14.4 Å². The van der Waals surface area contributed by atoms with Crippen LogP contribution in [-0.4, -0.2) is 37.2 Å². The summed E-state index contributed by atoms with van der Waals surface area (Å²) in [4.78, 5) is 38.4. The first kappa shape index (κ1) is 78.6. The van der Waals surface area contributed by atoms with Crippen LogP contribution in [0.15, 0.2) is 85.1 Å². The first-order valence-electron chi connectivity index (χ1n) is 35.6. The second-order valence-electron chi connectivity index (χ2n) is 23.8. The molecule has 6 heteroatoms. The maximum Gasteiger partial charge on any atom is 0.306 e. The monoisotopic (exact) mass is 1140 g/mol. The molecule has 0 rings (SSSR count). The van der Waals surface area contributed by atoms with Crippen molar-refractivity contribution in [3.63, 3.8) is 0 Å². The fraction of sp³-hybridized carbons (Fsp3) is 0.776. The van der Waals surface area contributed by atoms with Crippen LogP contribution in [0.5, 0.6) is 0 Å². The molecule has 0 radical (unpaired) electrons. The lowest BCUT2D eigenvalue weighted by Gasteiger charge is -2.18. The Morgan fingerprint density at radius 3 is 0.756 bits per heavy atom. The summed E-state index contributed by atoms with van der Waals surface area (Å²) in [5.74, 6) is -0.895. The molecule has 0 saturated carbocycles. The van der Waals surface area contributed by atoms with Crippen LogP contribution in [0.4, 0.5) is 0 Å². The minimum Gasteiger partial charge on any atom is -0.462 e. The molecule has 0 heterocycles. The van der Waals surface area contributed by atoms with Crippen molar-refractivity contribution in [3.05, 3.63) is 85.1 Å². The van der Waals surface area contributed by atoms with Gasteiger partial charge in [0.05, 0.1) is 0 Å². The summed E-state index contributed by atoms with van der Waals surface area (Å²) in [6.45, 7) is 6.54. The van der Waals surface area contributed by atoms with E-state index < -0.39 is 6.10 Å². The van der Waals surface area contributed by atoms with Crippen molar-refractivity contribution in [1.82, 2.24) is 0 Å². The van der Waals surface area contributed by atoms with E-state index in [1.54, 1.807) is 0 Å². The third-order valence-corrected chi connectivity index (χ3v) is 15.6. The standard InChI is InChI=1S/C76H134O6/c1-4-7-10-13-16-19-22-25-28-30-32-34-35-36-37-38-39-40-41-43-44-46-48-51-54-57-60-63-66-69-75(78)81-72-73(71-80-74(77)68-65-62-59-56-53-50-27-24-21-18-15-12-9-6-3)82-76(79)70-67-64-61-58-55-52-49-47-45-42-33-31-29-26-23-20-17-14-11-8-5-2/h8,11,17,20,24,26-27,29-30,32-33,42,47,49,73H,4-7,9-10,12-16,18-19,21-23,25,28,31,34-41,43-46,48,50-72H2,1-3H3/b11-8-,20-17-,27-24-,29-26-,32-30-,42-33-,49-47-. The number of allylic oxidation sites excluding steroid dienone is 14. The lowest BCUT2D eigenvalue weighted by atomic mass is 10.0. The van der Waals surface area contributed by atoms with Gasteiger partial charge >= 0.3 is 17.9 Å². The van der Waals surface area contributed by atoms with E-state index >= 15 is 0 Å². The summed E-state index contributed by atoms with van der Waals surface area (Å²) in [6.07, 6.45) is 93.3. The van der Waals surface area contributed by atoms with Crippen molar-refractivity contribution in [1.29, 1.82) is 0 Å². The molecular weight excluding hydrogens is 1010 g/mol. The van der Waals surface area contributed by atoms with Gasteiger partial charge in [0.25, 0.3) is 0 Å². The van der Waals surface area contributed by atoms with Gasteiger partial charge in [0.2, 0.25) is 0 Å². The minimum absolute atomic E-state index is 0.0846. The van der Waals surface area contributed by atoms with Crippen LogP contribution in [0.3, 0.4) is 0 Å². The van der Waals surface area contributed by atoms with E-state index in [0.29, 0.717) is 19.3 Å². The van der Waals surface area contributed by atoms with Crippen LogP contribution in [0, 0.1) is 0 Å². The first-order chi connectivity index (χ1) is 40.5. The van der Waals surface area contributed by atoms with Crippen molar-refractivity contribution < 1.29 is 28.6 Å². The normalized spacial score (nSPS) is 12.6. The van der Waals surface area contributed by atoms with Crippen molar-refractivity contribution in [2.75, 3.05) is 13.2 Å². The zero-order chi connectivity index (χ0) is 59.2. The molecule has 1 unspecified atom stereocenters. The average Bonchev–Trinajstić information content (AvgIpc) is 3.47. The maximum atomic E-state index is 12.9. The van der Waals surface area contributed by atoms with Gasteiger partial charge in [0.15, 0.2) is 6.10 Å². The zero-order valence-electron chi connectivity index (χ0n) is 54.5. The smallest absolute Gasteiger partial charge is 0.306 e. The third kappa shape index (κ3) is 67.4. The molecule has 0 aliphatic heterocycles. The Balaban J connectivity index is 4.28. The van der Waals surface area contributed by atoms with Gasteiger partial charge in [-0.1, -0.05) is 311 Å². The summed E-state index contributed by atoms with van der Waals surface area (Å²) >= 11 is 0. The van der Waals surface area contributed by atoms with E-state index in [-0.39, 0.29) is 31.1 Å². The second kappa shape index (κ2) is 70.1. The Bertz CT molecular complexity index is 1550. The van der Waals surface area contributed by atoms with Crippen molar-refractivity contribution in [2.24, 2.45) is 0 Å². The summed E-state index contributed by atoms with van der Waals surface area (Å²) < 4.78 is 17.0. The summed E-state index contributed by atoms with van der Waals surface area (Å²) in [6, 6.07) is 0. The van der Waals surface area contributed by atoms with Crippen LogP contribution < -0.4 is 0 Å². The lowest BCUT2D eigenvalue weighted by molar-refractivity contribution is -0.167. The number of hydrogen-bond donors (Lipinski definition) is 0. The molecule has 6 nitrogen and oxygen atoms in total. The zero-order valence-corrected chi connectivity index (χ0v) is 54.5. The molecule has 0 aromatic carbocycles. The molecule has 0 aromatic heterocycles. The quantitative estimate of drug-likeness (QED) is 0.0261. The SMILES string of the molecule is CC/C=C\C/C=C\C/C=C\C/C=C\C/C=C\CCCCCCCC(=O)OC(COC(=O)CCCCCCC/C=C\CCCCCCC)COC(=O)CCCCCCCCCCCCCCCCCCC/C=C\CCCCCCCCCC. The van der Waals surface area contributed by atoms with Crippen LogP contribution in [0.25, 0.3) is 0 Å². The van der Waals surface area contributed by atoms with E-state index in [4.69, 9.17) is 14.2 Å². The Labute approximate surface area is 509 Å². The molecule has 0 aliphatic carbocycles. The molecule has 0 saturated heterocycles. The van der Waals surface area contributed by atoms with Crippen molar-refractivity contribution in [2.45, 2.75) is 367 Å². The van der Waals surface area contributed by atoms with Gasteiger partial charge < -0.3 is 14.2 Å². The molecule has 82 heavy (non-hydrogen) atoms. The highest BCUT2D eigenvalue weighted by Gasteiger charge is 2.19. The van der Waals surface area contributed by atoms with Gasteiger partial charge in [0.1, 0.15) is 13.2 Å². The maximum absolute atomic E-state index is 12.9. The van der Waals surface area contributed by atoms with E-state index in [0.717, 1.165) is 116 Å². The predicted octanol–water partition coefficient (Wildman–Crippen LogP) is 24.6. The highest BCUT2D eigenvalue weighted by Crippen LogP contribution is 2.17. The van der Waals surface area contributed by atoms with E-state index in [2.05, 4.69) is 106 Å². The highest BCUT2D eigenvalue weighted by atomic mass is 16.6. The third-order valence-electron chi connectivity index (χ3n) is 15.6. The Morgan fingerprint density at radius 2 is 0.476 bits per heavy atom. The molecule has 0 aliphatic rings. The fourth-order valence-electron chi connectivity index (χ4n) is 10.3. The number of hydrogen-bond acceptors (Lipinski definition) is 6. The van der Waals surface area contributed by atoms with Crippen molar-refractivity contribution in [3.8, 4) is 0 Å². The topological polar surface area (TPSA) is 78.9 Å². The van der Waals surface area contributed by atoms with Gasteiger partial charge in [0, 0.05) is 19.3 Å². The number of unbranched alkanes of at least 4 members (excludes halogenated alkanes) is 40. The molecule has 0 bridgehead atoms. The van der Waals surface area contributed by atoms with E-state index in [9.17, 15) is 14.4 Å². The Kier molecular flexibility index (Phi) is 67.2. The van der Waals surface area contributed by atoms with Crippen LogP contribution >= 0.6 is 0 Å². The molecule has 0 aromatic rings. The van der Waals surface area contributed by atoms with E-state index in [1.165, 1.54) is 205 Å². The molecule has 474 valence electrons. The van der Waals surface area contributed by atoms with Crippen molar-refractivity contribution >= 4 is 17.9 Å². The minimum atomic E-state index is -0.792. The number of ether oxygens (including phenoxy) is 3. The Hall–Kier alpha value is -3.41. The van der Waals surface area contributed by atoms with Gasteiger partial charge in [-0.15, -0.1) is 0 Å². The Morgan fingerprint density at radius 1 is 0.256 bits per heavy atom. The first-order valence-corrected chi connectivity index (χ1v) is 35.6. The molecule has 0 N–H and O–H groups in total. The van der Waals surface area contributed by atoms with Crippen LogP contribution in [0.1, 0.15) is 361 Å². The number of carbonyl (C=O) groups is 3. The summed E-state index contributed by atoms with van der Waals surface area (Å²) in [5, 5.41) is 0. The summed E-state index contributed by atoms with van der Waals surface area (Å²) in [5.41, 5.74) is 0. The molecule has 0 fully saturated rings. The lowest BCUT2D eigenvalue weighted by Crippen LogP contribution is -2.30. The number of carbonyl (C=O) groups excluding carboxylic acids is 3. The molecule has 1 atom stereocenters. The predicted molar refractivity (Wildman–Crippen MR) is 358 cm³/mol. The van der Waals surface area contributed by atoms with E-state index in [1.807, 2.05) is 0 Å². The fourth-order valence-corrected chi connectivity index (χ4v) is 10.3. The second-order valence-corrected chi connectivity index (χ2v) is 23.8. The molecule has 0 amide bonds. The average molecular weight is 1140 g/mol. The number of rotatable bonds is 65. The van der Waals surface area contributed by atoms with Crippen LogP contribution in [-0.2, 0) is 28.6 Å². The largest absolute Gasteiger partial charge is 0.462 e. The van der Waals surface area contributed by atoms with Crippen LogP contribution in [0.2, 0.25) is 0 Å². The van der Waals surface area contributed by atoms with Gasteiger partial charge in [-0.2, -0.15) is 0 Å². The van der Waals surface area contributed by atoms with Gasteiger partial charge in [-0.05, 0) is 116 Å². The van der Waals surface area contributed by atoms with Gasteiger partial charge in [-0.25, -0.2) is 0 Å². The molecular formula is C76H134O6. The molecule has 0 spiro atoms.